The highest BCUT2D eigenvalue weighted by atomic mass is 35.5. The first-order valence-corrected chi connectivity index (χ1v) is 7.12. The molecule has 2 nitrogen and oxygen atoms in total. The quantitative estimate of drug-likeness (QED) is 0.873. The van der Waals surface area contributed by atoms with Crippen LogP contribution in [0.5, 0.6) is 5.75 Å². The van der Waals surface area contributed by atoms with E-state index in [-0.39, 0.29) is 6.10 Å². The van der Waals surface area contributed by atoms with E-state index in [9.17, 15) is 5.11 Å². The van der Waals surface area contributed by atoms with Gasteiger partial charge in [0, 0.05) is 15.6 Å². The first kappa shape index (κ1) is 15.2. The summed E-state index contributed by atoms with van der Waals surface area (Å²) in [5.41, 5.74) is 1.34. The Morgan fingerprint density at radius 1 is 1.00 bits per heavy atom. The second-order valence-electron chi connectivity index (χ2n) is 4.80. The van der Waals surface area contributed by atoms with E-state index in [2.05, 4.69) is 0 Å². The summed E-state index contributed by atoms with van der Waals surface area (Å²) in [4.78, 5) is 0. The summed E-state index contributed by atoms with van der Waals surface area (Å²) in [5.74, 6) is 0.771. The minimum Gasteiger partial charge on any atom is -0.491 e. The molecule has 0 saturated carbocycles. The Bertz CT molecular complexity index is 580. The molecule has 1 unspecified atom stereocenters. The Hall–Kier alpha value is -1.22. The Morgan fingerprint density at radius 3 is 2.25 bits per heavy atom. The van der Waals surface area contributed by atoms with Crippen molar-refractivity contribution in [3.8, 4) is 5.75 Å². The van der Waals surface area contributed by atoms with Crippen LogP contribution in [-0.4, -0.2) is 11.2 Å². The number of rotatable bonds is 4. The van der Waals surface area contributed by atoms with Crippen molar-refractivity contribution in [2.45, 2.75) is 26.1 Å². The van der Waals surface area contributed by atoms with Gasteiger partial charge < -0.3 is 9.84 Å². The van der Waals surface area contributed by atoms with Crippen molar-refractivity contribution < 1.29 is 9.84 Å². The second kappa shape index (κ2) is 6.49. The Morgan fingerprint density at radius 2 is 1.65 bits per heavy atom. The molecule has 0 heterocycles. The number of hydrogen-bond donors (Lipinski definition) is 1. The maximum Gasteiger partial charge on any atom is 0.119 e. The maximum atomic E-state index is 10.4. The average Bonchev–Trinajstić information content (AvgIpc) is 2.41. The van der Waals surface area contributed by atoms with E-state index in [0.717, 1.165) is 11.3 Å². The monoisotopic (exact) mass is 310 g/mol. The van der Waals surface area contributed by atoms with E-state index in [0.29, 0.717) is 15.6 Å². The van der Waals surface area contributed by atoms with Crippen LogP contribution in [0.15, 0.2) is 42.5 Å². The van der Waals surface area contributed by atoms with Crippen LogP contribution in [-0.2, 0) is 0 Å². The molecule has 0 amide bonds. The van der Waals surface area contributed by atoms with Crippen molar-refractivity contribution in [3.63, 3.8) is 0 Å². The van der Waals surface area contributed by atoms with Gasteiger partial charge >= 0.3 is 0 Å². The van der Waals surface area contributed by atoms with Crippen molar-refractivity contribution >= 4 is 23.2 Å². The topological polar surface area (TPSA) is 29.5 Å². The summed E-state index contributed by atoms with van der Waals surface area (Å²) < 4.78 is 5.57. The van der Waals surface area contributed by atoms with Crippen molar-refractivity contribution in [1.82, 2.24) is 0 Å². The van der Waals surface area contributed by atoms with Crippen LogP contribution in [0.3, 0.4) is 0 Å². The molecule has 2 rings (SSSR count). The highest BCUT2D eigenvalue weighted by Gasteiger charge is 2.14. The molecule has 2 aromatic carbocycles. The third-order valence-electron chi connectivity index (χ3n) is 2.82. The molecule has 0 bridgehead atoms. The van der Waals surface area contributed by atoms with Gasteiger partial charge in [-0.2, -0.15) is 0 Å². The predicted molar refractivity (Wildman–Crippen MR) is 82.7 cm³/mol. The standard InChI is InChI=1S/C16H16Cl2O2/c1-10(2)20-13-6-3-11(4-7-13)16(19)14-9-12(17)5-8-15(14)18/h3-10,16,19H,1-2H3. The molecule has 0 aliphatic carbocycles. The van der Waals surface area contributed by atoms with Gasteiger partial charge in [0.2, 0.25) is 0 Å². The fraction of sp³-hybridized carbons (Fsp3) is 0.250. The zero-order chi connectivity index (χ0) is 14.7. The molecular weight excluding hydrogens is 295 g/mol. The van der Waals surface area contributed by atoms with Gasteiger partial charge in [-0.25, -0.2) is 0 Å². The van der Waals surface area contributed by atoms with Crippen LogP contribution < -0.4 is 4.74 Å². The molecule has 0 aromatic heterocycles. The summed E-state index contributed by atoms with van der Waals surface area (Å²) in [7, 11) is 0. The van der Waals surface area contributed by atoms with Crippen LogP contribution in [0.1, 0.15) is 31.1 Å². The third-order valence-corrected chi connectivity index (χ3v) is 3.40. The molecule has 0 aliphatic rings. The zero-order valence-electron chi connectivity index (χ0n) is 11.3. The molecule has 106 valence electrons. The second-order valence-corrected chi connectivity index (χ2v) is 5.65. The van der Waals surface area contributed by atoms with E-state index in [1.807, 2.05) is 38.1 Å². The molecule has 1 atom stereocenters. The van der Waals surface area contributed by atoms with Crippen molar-refractivity contribution in [3.05, 3.63) is 63.6 Å². The van der Waals surface area contributed by atoms with Gasteiger partial charge in [0.1, 0.15) is 11.9 Å². The van der Waals surface area contributed by atoms with E-state index in [1.165, 1.54) is 0 Å². The lowest BCUT2D eigenvalue weighted by Crippen LogP contribution is -2.06. The number of aliphatic hydroxyl groups is 1. The number of hydrogen-bond acceptors (Lipinski definition) is 2. The zero-order valence-corrected chi connectivity index (χ0v) is 12.8. The summed E-state index contributed by atoms with van der Waals surface area (Å²) in [6.45, 7) is 3.93. The van der Waals surface area contributed by atoms with Gasteiger partial charge in [0.25, 0.3) is 0 Å². The fourth-order valence-electron chi connectivity index (χ4n) is 1.90. The molecule has 20 heavy (non-hydrogen) atoms. The SMILES string of the molecule is CC(C)Oc1ccc(C(O)c2cc(Cl)ccc2Cl)cc1. The number of halogens is 2. The molecular formula is C16H16Cl2O2. The molecule has 2 aromatic rings. The number of aliphatic hydroxyl groups excluding tert-OH is 1. The molecule has 1 N–H and O–H groups in total. The Balaban J connectivity index is 2.24. The average molecular weight is 311 g/mol. The van der Waals surface area contributed by atoms with Crippen LogP contribution in [0.2, 0.25) is 10.0 Å². The van der Waals surface area contributed by atoms with E-state index in [1.54, 1.807) is 18.2 Å². The van der Waals surface area contributed by atoms with Gasteiger partial charge in [-0.3, -0.25) is 0 Å². The smallest absolute Gasteiger partial charge is 0.119 e. The molecule has 0 spiro atoms. The summed E-state index contributed by atoms with van der Waals surface area (Å²) >= 11 is 12.0. The van der Waals surface area contributed by atoms with Crippen LogP contribution >= 0.6 is 23.2 Å². The number of benzene rings is 2. The van der Waals surface area contributed by atoms with Gasteiger partial charge in [0.15, 0.2) is 0 Å². The largest absolute Gasteiger partial charge is 0.491 e. The molecule has 0 saturated heterocycles. The third kappa shape index (κ3) is 3.66. The van der Waals surface area contributed by atoms with Gasteiger partial charge in [-0.1, -0.05) is 35.3 Å². The minimum absolute atomic E-state index is 0.119. The summed E-state index contributed by atoms with van der Waals surface area (Å²) in [6.07, 6.45) is -0.692. The van der Waals surface area contributed by atoms with Crippen molar-refractivity contribution in [1.29, 1.82) is 0 Å². The lowest BCUT2D eigenvalue weighted by molar-refractivity contribution is 0.219. The lowest BCUT2D eigenvalue weighted by atomic mass is 10.0. The number of ether oxygens (including phenoxy) is 1. The first-order valence-electron chi connectivity index (χ1n) is 6.37. The molecule has 0 radical (unpaired) electrons. The highest BCUT2D eigenvalue weighted by molar-refractivity contribution is 6.33. The van der Waals surface area contributed by atoms with E-state index in [4.69, 9.17) is 27.9 Å². The Kier molecular flexibility index (Phi) is 4.92. The molecule has 0 aliphatic heterocycles. The van der Waals surface area contributed by atoms with Gasteiger partial charge in [0.05, 0.1) is 6.10 Å². The lowest BCUT2D eigenvalue weighted by Gasteiger charge is -2.15. The first-order chi connectivity index (χ1) is 9.47. The van der Waals surface area contributed by atoms with E-state index >= 15 is 0 Å². The summed E-state index contributed by atoms with van der Waals surface area (Å²) in [6, 6.07) is 12.3. The summed E-state index contributed by atoms with van der Waals surface area (Å²) in [5, 5.41) is 11.4. The van der Waals surface area contributed by atoms with Crippen molar-refractivity contribution in [2.75, 3.05) is 0 Å². The van der Waals surface area contributed by atoms with Crippen LogP contribution in [0, 0.1) is 0 Å². The Labute approximate surface area is 128 Å². The van der Waals surface area contributed by atoms with E-state index < -0.39 is 6.10 Å². The maximum absolute atomic E-state index is 10.4. The minimum atomic E-state index is -0.811. The fourth-order valence-corrected chi connectivity index (χ4v) is 2.31. The van der Waals surface area contributed by atoms with Crippen LogP contribution in [0.25, 0.3) is 0 Å². The van der Waals surface area contributed by atoms with Crippen LogP contribution in [0.4, 0.5) is 0 Å². The normalized spacial score (nSPS) is 12.5. The predicted octanol–water partition coefficient (Wildman–Crippen LogP) is 4.86. The van der Waals surface area contributed by atoms with Gasteiger partial charge in [-0.15, -0.1) is 0 Å². The van der Waals surface area contributed by atoms with Crippen molar-refractivity contribution in [2.24, 2.45) is 0 Å². The molecule has 0 fully saturated rings. The van der Waals surface area contributed by atoms with Gasteiger partial charge in [-0.05, 0) is 49.7 Å². The highest BCUT2D eigenvalue weighted by Crippen LogP contribution is 2.31. The molecule has 4 heteroatoms.